The van der Waals surface area contributed by atoms with Gasteiger partial charge in [0.15, 0.2) is 5.65 Å². The molecule has 0 fully saturated rings. The van der Waals surface area contributed by atoms with Crippen LogP contribution in [-0.2, 0) is 6.54 Å². The Morgan fingerprint density at radius 2 is 1.60 bits per heavy atom. The van der Waals surface area contributed by atoms with E-state index in [9.17, 15) is 0 Å². The summed E-state index contributed by atoms with van der Waals surface area (Å²) < 4.78 is 13.1. The lowest BCUT2D eigenvalue weighted by molar-refractivity contribution is 0.332. The number of nitrogen functional groups attached to an aromatic ring is 1. The maximum Gasteiger partial charge on any atom is 0.225 e. The molecule has 0 bridgehead atoms. The second-order valence-electron chi connectivity index (χ2n) is 7.91. The van der Waals surface area contributed by atoms with Gasteiger partial charge >= 0.3 is 0 Å². The van der Waals surface area contributed by atoms with Gasteiger partial charge < -0.3 is 20.5 Å². The number of rotatable bonds is 9. The van der Waals surface area contributed by atoms with E-state index < -0.39 is 0 Å². The van der Waals surface area contributed by atoms with Crippen LogP contribution in [0.4, 0.5) is 11.8 Å². The molecule has 3 N–H and O–H groups in total. The van der Waals surface area contributed by atoms with Crippen molar-refractivity contribution in [2.45, 2.75) is 6.54 Å². The predicted molar refractivity (Wildman–Crippen MR) is 138 cm³/mol. The van der Waals surface area contributed by atoms with Gasteiger partial charge in [-0.25, -0.2) is 9.67 Å². The van der Waals surface area contributed by atoms with Gasteiger partial charge in [0.1, 0.15) is 23.9 Å². The quantitative estimate of drug-likeness (QED) is 0.306. The lowest BCUT2D eigenvalue weighted by atomic mass is 10.1. The molecule has 0 radical (unpaired) electrons. The Labute approximate surface area is 203 Å². The molecule has 35 heavy (non-hydrogen) atoms. The fourth-order valence-corrected chi connectivity index (χ4v) is 3.89. The van der Waals surface area contributed by atoms with Gasteiger partial charge in [-0.05, 0) is 29.8 Å². The number of hydrogen-bond donors (Lipinski definition) is 2. The fraction of sp³-hybridized carbons (Fsp3) is 0.148. The molecule has 0 saturated heterocycles. The summed E-state index contributed by atoms with van der Waals surface area (Å²) in [5, 5.41) is 8.66. The minimum absolute atomic E-state index is 0.444. The van der Waals surface area contributed by atoms with E-state index >= 15 is 0 Å². The van der Waals surface area contributed by atoms with Gasteiger partial charge in [0.05, 0.1) is 31.3 Å². The minimum Gasteiger partial charge on any atom is -0.496 e. The van der Waals surface area contributed by atoms with E-state index in [4.69, 9.17) is 25.3 Å². The third kappa shape index (κ3) is 4.86. The van der Waals surface area contributed by atoms with E-state index in [1.54, 1.807) is 11.8 Å². The number of methoxy groups -OCH3 is 1. The summed E-state index contributed by atoms with van der Waals surface area (Å²) in [5.41, 5.74) is 9.68. The highest BCUT2D eigenvalue weighted by atomic mass is 16.5. The highest BCUT2D eigenvalue weighted by Gasteiger charge is 2.20. The Bertz CT molecular complexity index is 1420. The van der Waals surface area contributed by atoms with Crippen LogP contribution in [-0.4, -0.2) is 40.0 Å². The highest BCUT2D eigenvalue weighted by molar-refractivity contribution is 6.00. The maximum absolute atomic E-state index is 6.59. The second-order valence-corrected chi connectivity index (χ2v) is 7.91. The van der Waals surface area contributed by atoms with Gasteiger partial charge in [0.2, 0.25) is 5.95 Å². The van der Waals surface area contributed by atoms with Crippen molar-refractivity contribution < 1.29 is 9.47 Å². The molecular formula is C27H26N6O2. The largest absolute Gasteiger partial charge is 0.496 e. The van der Waals surface area contributed by atoms with Gasteiger partial charge in [-0.2, -0.15) is 4.98 Å². The number of ether oxygens (including phenoxy) is 2. The Morgan fingerprint density at radius 1 is 0.886 bits per heavy atom. The van der Waals surface area contributed by atoms with Crippen LogP contribution in [0.15, 0.2) is 84.9 Å². The number of fused-ring (bicyclic) bond motifs is 1. The van der Waals surface area contributed by atoms with Crippen molar-refractivity contribution in [1.29, 1.82) is 0 Å². The van der Waals surface area contributed by atoms with Gasteiger partial charge in [-0.3, -0.25) is 0 Å². The predicted octanol–water partition coefficient (Wildman–Crippen LogP) is 4.62. The first kappa shape index (κ1) is 22.2. The molecule has 0 aliphatic heterocycles. The molecule has 0 aliphatic rings. The van der Waals surface area contributed by atoms with Gasteiger partial charge in [-0.1, -0.05) is 60.7 Å². The van der Waals surface area contributed by atoms with Crippen molar-refractivity contribution in [3.05, 3.63) is 90.5 Å². The monoisotopic (exact) mass is 466 g/mol. The van der Waals surface area contributed by atoms with Crippen LogP contribution in [0.5, 0.6) is 11.5 Å². The molecule has 0 unspecified atom stereocenters. The van der Waals surface area contributed by atoms with Gasteiger partial charge in [0, 0.05) is 5.56 Å². The molecule has 0 saturated carbocycles. The van der Waals surface area contributed by atoms with E-state index in [2.05, 4.69) is 10.3 Å². The van der Waals surface area contributed by atoms with Crippen molar-refractivity contribution in [3.8, 4) is 22.8 Å². The zero-order valence-electron chi connectivity index (χ0n) is 19.4. The smallest absolute Gasteiger partial charge is 0.225 e. The van der Waals surface area contributed by atoms with Crippen LogP contribution < -0.4 is 20.5 Å². The van der Waals surface area contributed by atoms with E-state index in [0.717, 1.165) is 16.9 Å². The van der Waals surface area contributed by atoms with E-state index in [0.29, 0.717) is 53.9 Å². The Morgan fingerprint density at radius 3 is 2.37 bits per heavy atom. The summed E-state index contributed by atoms with van der Waals surface area (Å²) in [5.74, 6) is 2.46. The molecule has 0 aliphatic carbocycles. The molecule has 0 amide bonds. The summed E-state index contributed by atoms with van der Waals surface area (Å²) in [7, 11) is 1.64. The van der Waals surface area contributed by atoms with Crippen LogP contribution >= 0.6 is 0 Å². The van der Waals surface area contributed by atoms with Crippen molar-refractivity contribution in [3.63, 3.8) is 0 Å². The molecule has 2 aromatic heterocycles. The zero-order chi connectivity index (χ0) is 24.0. The molecule has 0 spiro atoms. The van der Waals surface area contributed by atoms with Crippen LogP contribution in [0.3, 0.4) is 0 Å². The zero-order valence-corrected chi connectivity index (χ0v) is 19.4. The molecule has 5 rings (SSSR count). The number of hydrogen-bond acceptors (Lipinski definition) is 7. The van der Waals surface area contributed by atoms with Crippen LogP contribution in [0.1, 0.15) is 5.56 Å². The maximum atomic E-state index is 6.59. The summed E-state index contributed by atoms with van der Waals surface area (Å²) in [4.78, 5) is 9.47. The molecule has 8 nitrogen and oxygen atoms in total. The number of nitrogens with one attached hydrogen (secondary N) is 1. The van der Waals surface area contributed by atoms with Crippen molar-refractivity contribution in [2.24, 2.45) is 0 Å². The summed E-state index contributed by atoms with van der Waals surface area (Å²) in [6.07, 6.45) is 0. The normalized spacial score (nSPS) is 10.9. The van der Waals surface area contributed by atoms with E-state index in [-0.39, 0.29) is 0 Å². The van der Waals surface area contributed by atoms with Crippen LogP contribution in [0.2, 0.25) is 0 Å². The molecule has 8 heteroatoms. The molecular weight excluding hydrogens is 440 g/mol. The Kier molecular flexibility index (Phi) is 6.43. The lowest BCUT2D eigenvalue weighted by Crippen LogP contribution is -2.13. The summed E-state index contributed by atoms with van der Waals surface area (Å²) >= 11 is 0. The number of benzene rings is 3. The van der Waals surface area contributed by atoms with Crippen LogP contribution in [0, 0.1) is 0 Å². The second kappa shape index (κ2) is 10.1. The van der Waals surface area contributed by atoms with E-state index in [1.165, 1.54) is 0 Å². The summed E-state index contributed by atoms with van der Waals surface area (Å²) in [6.45, 7) is 1.51. The molecule has 5 aromatic rings. The average molecular weight is 467 g/mol. The van der Waals surface area contributed by atoms with Crippen molar-refractivity contribution in [2.75, 3.05) is 31.3 Å². The molecule has 176 valence electrons. The lowest BCUT2D eigenvalue weighted by Gasteiger charge is -2.12. The Hall–Kier alpha value is -4.59. The van der Waals surface area contributed by atoms with Gasteiger partial charge in [0.25, 0.3) is 0 Å². The standard InChI is InChI=1S/C27H26N6O2/c1-34-22-15-9-8-14-21(22)24-23-25(28)33(18-19-10-4-2-5-11-19)32-26(23)31-27(30-24)29-16-17-35-20-12-6-3-7-13-20/h2-15H,16-18,28H2,1H3,(H,29,31,32). The first-order chi connectivity index (χ1) is 17.2. The topological polar surface area (TPSA) is 100 Å². The Balaban J connectivity index is 1.49. The van der Waals surface area contributed by atoms with Crippen LogP contribution in [0.25, 0.3) is 22.3 Å². The van der Waals surface area contributed by atoms with Crippen molar-refractivity contribution in [1.82, 2.24) is 19.7 Å². The highest BCUT2D eigenvalue weighted by Crippen LogP contribution is 2.36. The summed E-state index contributed by atoms with van der Waals surface area (Å²) in [6, 6.07) is 27.4. The van der Waals surface area contributed by atoms with Crippen molar-refractivity contribution >= 4 is 22.8 Å². The molecule has 2 heterocycles. The van der Waals surface area contributed by atoms with E-state index in [1.807, 2.05) is 84.9 Å². The average Bonchev–Trinajstić information content (AvgIpc) is 3.22. The number of nitrogens with two attached hydrogens (primary N) is 1. The first-order valence-electron chi connectivity index (χ1n) is 11.4. The number of para-hydroxylation sites is 2. The molecule has 3 aromatic carbocycles. The first-order valence-corrected chi connectivity index (χ1v) is 11.4. The third-order valence-corrected chi connectivity index (χ3v) is 5.57. The molecule has 0 atom stereocenters. The SMILES string of the molecule is COc1ccccc1-c1nc(NCCOc2ccccc2)nc2nn(Cc3ccccc3)c(N)c12. The third-order valence-electron chi connectivity index (χ3n) is 5.57. The minimum atomic E-state index is 0.444. The number of nitrogens with zero attached hydrogens (tertiary/aromatic N) is 4. The number of anilines is 2. The number of aromatic nitrogens is 4. The fourth-order valence-electron chi connectivity index (χ4n) is 3.89. The van der Waals surface area contributed by atoms with Gasteiger partial charge in [-0.15, -0.1) is 5.10 Å².